The van der Waals surface area contributed by atoms with Gasteiger partial charge in [-0.25, -0.2) is 11.0 Å². The Balaban J connectivity index is 3.38. The molecule has 0 unspecified atom stereocenters. The summed E-state index contributed by atoms with van der Waals surface area (Å²) in [5, 5.41) is 11.1. The van der Waals surface area contributed by atoms with Gasteiger partial charge in [0.1, 0.15) is 5.82 Å². The molecule has 0 heterocycles. The summed E-state index contributed by atoms with van der Waals surface area (Å²) in [5.41, 5.74) is -0.905. The highest BCUT2D eigenvalue weighted by Gasteiger charge is 2.38. The number of nitro groups is 1. The van der Waals surface area contributed by atoms with E-state index >= 15 is 0 Å². The number of halogens is 1. The minimum absolute atomic E-state index is 0.112. The number of hydrogen-bond donors (Lipinski definition) is 0. The molecule has 0 radical (unpaired) electrons. The second kappa shape index (κ2) is 9.19. The Labute approximate surface area is 156 Å². The van der Waals surface area contributed by atoms with E-state index in [0.717, 1.165) is 12.1 Å². The molecule has 0 aromatic heterocycles. The molecule has 0 aliphatic heterocycles. The fraction of sp³-hybridized carbons (Fsp3) is 0.611. The summed E-state index contributed by atoms with van der Waals surface area (Å²) >= 11 is 0. The van der Waals surface area contributed by atoms with Crippen molar-refractivity contribution < 1.29 is 18.3 Å². The van der Waals surface area contributed by atoms with E-state index < -0.39 is 31.7 Å². The number of hydrogen-bond acceptors (Lipinski definition) is 4. The van der Waals surface area contributed by atoms with Gasteiger partial charge in [-0.15, -0.1) is 0 Å². The van der Waals surface area contributed by atoms with Crippen LogP contribution in [0.25, 0.3) is 4.85 Å². The first-order chi connectivity index (χ1) is 12.1. The number of nitrogens with zero attached hydrogens (tertiary/aromatic N) is 2. The smallest absolute Gasteiger partial charge is 0.313 e. The second-order valence-corrected chi connectivity index (χ2v) is 9.31. The van der Waals surface area contributed by atoms with E-state index in [1.807, 2.05) is 27.7 Å². The number of rotatable bonds is 9. The Morgan fingerprint density at radius 3 is 2.54 bits per heavy atom. The van der Waals surface area contributed by atoms with E-state index in [4.69, 9.17) is 11.3 Å². The Bertz CT molecular complexity index is 712. The van der Waals surface area contributed by atoms with Crippen molar-refractivity contribution in [2.75, 3.05) is 19.1 Å². The van der Waals surface area contributed by atoms with Crippen LogP contribution in [0.15, 0.2) is 18.2 Å². The number of benzene rings is 1. The normalized spacial score (nSPS) is 15.1. The highest BCUT2D eigenvalue weighted by atomic mass is 32.2. The van der Waals surface area contributed by atoms with Crippen LogP contribution in [0.3, 0.4) is 0 Å². The van der Waals surface area contributed by atoms with Gasteiger partial charge in [0.2, 0.25) is 0 Å². The minimum Gasteiger partial charge on any atom is -0.313 e. The van der Waals surface area contributed by atoms with E-state index in [-0.39, 0.29) is 30.3 Å². The number of ether oxygens (including phenoxy) is 1. The molecule has 0 saturated carbocycles. The summed E-state index contributed by atoms with van der Waals surface area (Å²) in [4.78, 5) is 13.7. The average molecular weight is 384 g/mol. The summed E-state index contributed by atoms with van der Waals surface area (Å²) < 4.78 is 32.2. The van der Waals surface area contributed by atoms with Crippen molar-refractivity contribution in [3.05, 3.63) is 51.1 Å². The van der Waals surface area contributed by atoms with Crippen LogP contribution in [0.2, 0.25) is 0 Å². The summed E-state index contributed by atoms with van der Waals surface area (Å²) in [6, 6.07) is 3.43. The summed E-state index contributed by atoms with van der Waals surface area (Å²) in [5.74, 6) is -0.402. The molecule has 0 amide bonds. The first kappa shape index (κ1) is 22.2. The molecule has 0 aliphatic carbocycles. The van der Waals surface area contributed by atoms with Crippen molar-refractivity contribution in [2.24, 2.45) is 0 Å². The lowest BCUT2D eigenvalue weighted by molar-refractivity contribution is -0.385. The van der Waals surface area contributed by atoms with Crippen molar-refractivity contribution in [3.8, 4) is 0 Å². The molecule has 2 atom stereocenters. The molecule has 8 heteroatoms. The predicted molar refractivity (Wildman–Crippen MR) is 99.8 cm³/mol. The van der Waals surface area contributed by atoms with Gasteiger partial charge in [0.05, 0.1) is 11.5 Å². The quantitative estimate of drug-likeness (QED) is 0.277. The molecular weight excluding hydrogens is 359 g/mol. The highest BCUT2D eigenvalue weighted by molar-refractivity contribution is 7.86. The lowest BCUT2D eigenvalue weighted by Crippen LogP contribution is -2.39. The average Bonchev–Trinajstić information content (AvgIpc) is 2.57. The largest absolute Gasteiger partial charge is 0.318 e. The van der Waals surface area contributed by atoms with Gasteiger partial charge >= 0.3 is 6.73 Å². The van der Waals surface area contributed by atoms with Crippen LogP contribution in [-0.4, -0.2) is 33.0 Å². The van der Waals surface area contributed by atoms with E-state index in [1.165, 1.54) is 6.07 Å². The third-order valence-electron chi connectivity index (χ3n) is 4.38. The zero-order chi connectivity index (χ0) is 20.0. The van der Waals surface area contributed by atoms with Crippen LogP contribution in [0.4, 0.5) is 10.1 Å². The van der Waals surface area contributed by atoms with Gasteiger partial charge in [0, 0.05) is 44.4 Å². The van der Waals surface area contributed by atoms with Crippen LogP contribution in [0.5, 0.6) is 0 Å². The van der Waals surface area contributed by atoms with Crippen LogP contribution >= 0.6 is 0 Å². The molecule has 1 rings (SSSR count). The zero-order valence-electron chi connectivity index (χ0n) is 15.6. The molecule has 1 aromatic carbocycles. The Morgan fingerprint density at radius 2 is 2.04 bits per heavy atom. The first-order valence-electron chi connectivity index (χ1n) is 8.31. The molecule has 0 aliphatic rings. The fourth-order valence-corrected chi connectivity index (χ4v) is 4.07. The standard InChI is InChI=1S/C18H25FN2O4S/c1-6-18(9-10-25-13-20-5,12-26(24)17(2,3)4)15-11-14(21(22)23)7-8-16(15)19/h7-8,11H,6,9-10,12-13H2,1-4H3/t18-,26+/m1/s1. The van der Waals surface area contributed by atoms with E-state index in [1.54, 1.807) is 0 Å². The Kier molecular flexibility index (Phi) is 7.85. The molecule has 1 aromatic rings. The fourth-order valence-electron chi connectivity index (χ4n) is 2.63. The van der Waals surface area contributed by atoms with Crippen molar-refractivity contribution in [2.45, 2.75) is 50.7 Å². The molecule has 144 valence electrons. The highest BCUT2D eigenvalue weighted by Crippen LogP contribution is 2.38. The van der Waals surface area contributed by atoms with Crippen LogP contribution in [-0.2, 0) is 21.0 Å². The maximum Gasteiger partial charge on any atom is 0.318 e. The lowest BCUT2D eigenvalue weighted by Gasteiger charge is -2.35. The predicted octanol–water partition coefficient (Wildman–Crippen LogP) is 4.21. The van der Waals surface area contributed by atoms with Crippen molar-refractivity contribution >= 4 is 16.5 Å². The van der Waals surface area contributed by atoms with Crippen LogP contribution in [0.1, 0.15) is 46.1 Å². The molecule has 6 nitrogen and oxygen atoms in total. The topological polar surface area (TPSA) is 73.8 Å². The van der Waals surface area contributed by atoms with Gasteiger partial charge in [-0.1, -0.05) is 6.92 Å². The molecule has 0 saturated heterocycles. The third-order valence-corrected chi connectivity index (χ3v) is 6.56. The monoisotopic (exact) mass is 384 g/mol. The SMILES string of the molecule is [C-]#[N+]COCC[C@](CC)(C[S@](=O)C(C)(C)C)c1cc([N+](=O)[O-])ccc1F. The van der Waals surface area contributed by atoms with Gasteiger partial charge in [-0.2, -0.15) is 0 Å². The molecule has 0 spiro atoms. The van der Waals surface area contributed by atoms with Gasteiger partial charge in [0.25, 0.3) is 5.69 Å². The zero-order valence-corrected chi connectivity index (χ0v) is 16.4. The van der Waals surface area contributed by atoms with Crippen molar-refractivity contribution in [1.29, 1.82) is 0 Å². The van der Waals surface area contributed by atoms with Crippen LogP contribution in [0, 0.1) is 22.5 Å². The van der Waals surface area contributed by atoms with E-state index in [0.29, 0.717) is 12.8 Å². The number of nitro benzene ring substituents is 1. The molecule has 26 heavy (non-hydrogen) atoms. The van der Waals surface area contributed by atoms with E-state index in [2.05, 4.69) is 4.85 Å². The molecule has 0 N–H and O–H groups in total. The second-order valence-electron chi connectivity index (χ2n) is 7.10. The van der Waals surface area contributed by atoms with Crippen LogP contribution < -0.4 is 0 Å². The summed E-state index contributed by atoms with van der Waals surface area (Å²) in [6.07, 6.45) is 0.757. The summed E-state index contributed by atoms with van der Waals surface area (Å²) in [6.45, 7) is 14.2. The molecule has 0 fully saturated rings. The maximum atomic E-state index is 14.6. The van der Waals surface area contributed by atoms with Crippen molar-refractivity contribution in [3.63, 3.8) is 0 Å². The third kappa shape index (κ3) is 5.58. The Morgan fingerprint density at radius 1 is 1.38 bits per heavy atom. The first-order valence-corrected chi connectivity index (χ1v) is 9.63. The van der Waals surface area contributed by atoms with Gasteiger partial charge in [-0.05, 0) is 39.7 Å². The minimum atomic E-state index is -1.29. The molecular formula is C18H25FN2O4S. The maximum absolute atomic E-state index is 14.6. The number of non-ortho nitro benzene ring substituents is 1. The van der Waals surface area contributed by atoms with Gasteiger partial charge in [0.15, 0.2) is 0 Å². The van der Waals surface area contributed by atoms with Crippen molar-refractivity contribution in [1.82, 2.24) is 0 Å². The molecule has 0 bridgehead atoms. The van der Waals surface area contributed by atoms with Gasteiger partial charge in [-0.3, -0.25) is 19.2 Å². The lowest BCUT2D eigenvalue weighted by atomic mass is 9.76. The van der Waals surface area contributed by atoms with Gasteiger partial charge < -0.3 is 4.74 Å². The Hall–Kier alpha value is -1.85. The summed E-state index contributed by atoms with van der Waals surface area (Å²) in [7, 11) is -1.29. The van der Waals surface area contributed by atoms with E-state index in [9.17, 15) is 18.7 Å².